The summed E-state index contributed by atoms with van der Waals surface area (Å²) >= 11 is 4.02. The predicted molar refractivity (Wildman–Crippen MR) is 99.7 cm³/mol. The fraction of sp³-hybridized carbons (Fsp3) is 0.625. The van der Waals surface area contributed by atoms with E-state index in [0.717, 1.165) is 12.8 Å². The molecule has 1 N–H and O–H groups in total. The number of nitrogens with zero attached hydrogens (tertiary/aromatic N) is 1. The fourth-order valence-corrected chi connectivity index (χ4v) is 4.25. The molecule has 1 aliphatic heterocycles. The summed E-state index contributed by atoms with van der Waals surface area (Å²) in [6.07, 6.45) is 1.95. The lowest BCUT2D eigenvalue weighted by Gasteiger charge is -2.28. The van der Waals surface area contributed by atoms with Crippen LogP contribution in [-0.2, 0) is 16.0 Å². The lowest BCUT2D eigenvalue weighted by Crippen LogP contribution is -2.47. The molecule has 7 heteroatoms. The van der Waals surface area contributed by atoms with Gasteiger partial charge in [-0.15, -0.1) is 11.3 Å². The number of halogens is 1. The molecule has 2 rings (SSSR count). The molecule has 0 radical (unpaired) electrons. The summed E-state index contributed by atoms with van der Waals surface area (Å²) in [5.74, 6) is -0.0837. The SMILES string of the molecule is CC(C)(C)OC(=O)N1CCC[C@H]1C(=O)NCCc1ccc(I)s1. The highest BCUT2D eigenvalue weighted by Gasteiger charge is 2.36. The zero-order chi connectivity index (χ0) is 17.0. The summed E-state index contributed by atoms with van der Waals surface area (Å²) in [6, 6.07) is 3.75. The van der Waals surface area contributed by atoms with Gasteiger partial charge >= 0.3 is 6.09 Å². The second-order valence-electron chi connectivity index (χ2n) is 6.58. The molecule has 0 aliphatic carbocycles. The molecule has 0 saturated carbocycles. The van der Waals surface area contributed by atoms with Crippen molar-refractivity contribution in [2.75, 3.05) is 13.1 Å². The van der Waals surface area contributed by atoms with Crippen molar-refractivity contribution < 1.29 is 14.3 Å². The van der Waals surface area contributed by atoms with Gasteiger partial charge in [-0.1, -0.05) is 0 Å². The Morgan fingerprint density at radius 3 is 2.78 bits per heavy atom. The first-order valence-electron chi connectivity index (χ1n) is 7.78. The van der Waals surface area contributed by atoms with Gasteiger partial charge in [0, 0.05) is 18.0 Å². The summed E-state index contributed by atoms with van der Waals surface area (Å²) in [5, 5.41) is 2.95. The van der Waals surface area contributed by atoms with Crippen molar-refractivity contribution in [3.05, 3.63) is 19.9 Å². The van der Waals surface area contributed by atoms with E-state index in [9.17, 15) is 9.59 Å². The highest BCUT2D eigenvalue weighted by molar-refractivity contribution is 14.1. The molecule has 0 bridgehead atoms. The van der Waals surface area contributed by atoms with Crippen LogP contribution in [0.3, 0.4) is 0 Å². The average Bonchev–Trinajstić information content (AvgIpc) is 3.05. The van der Waals surface area contributed by atoms with E-state index in [2.05, 4.69) is 40.0 Å². The van der Waals surface area contributed by atoms with Crippen LogP contribution in [0.1, 0.15) is 38.5 Å². The van der Waals surface area contributed by atoms with Gasteiger partial charge in [0.1, 0.15) is 11.6 Å². The van der Waals surface area contributed by atoms with Crippen LogP contribution < -0.4 is 5.32 Å². The number of carbonyl (C=O) groups excluding carboxylic acids is 2. The normalized spacial score (nSPS) is 18.1. The minimum absolute atomic E-state index is 0.0837. The number of hydrogen-bond acceptors (Lipinski definition) is 4. The number of carbonyl (C=O) groups is 2. The molecule has 2 heterocycles. The number of likely N-dealkylation sites (tertiary alicyclic amines) is 1. The van der Waals surface area contributed by atoms with Crippen LogP contribution >= 0.6 is 33.9 Å². The van der Waals surface area contributed by atoms with Crippen molar-refractivity contribution >= 4 is 45.9 Å². The third kappa shape index (κ3) is 5.63. The van der Waals surface area contributed by atoms with Gasteiger partial charge in [-0.3, -0.25) is 9.69 Å². The average molecular weight is 450 g/mol. The lowest BCUT2D eigenvalue weighted by molar-refractivity contribution is -0.125. The summed E-state index contributed by atoms with van der Waals surface area (Å²) < 4.78 is 6.63. The molecular weight excluding hydrogens is 427 g/mol. The number of amides is 2. The van der Waals surface area contributed by atoms with E-state index >= 15 is 0 Å². The Kier molecular flexibility index (Phi) is 6.30. The van der Waals surface area contributed by atoms with E-state index < -0.39 is 17.7 Å². The minimum atomic E-state index is -0.545. The highest BCUT2D eigenvalue weighted by atomic mass is 127. The molecule has 1 aromatic rings. The quantitative estimate of drug-likeness (QED) is 0.716. The third-order valence-corrected chi connectivity index (χ3v) is 5.44. The molecule has 5 nitrogen and oxygen atoms in total. The first kappa shape index (κ1) is 18.5. The van der Waals surface area contributed by atoms with Crippen LogP contribution in [0, 0.1) is 2.88 Å². The van der Waals surface area contributed by atoms with Gasteiger partial charge in [0.25, 0.3) is 0 Å². The molecule has 1 atom stereocenters. The number of rotatable bonds is 4. The summed E-state index contributed by atoms with van der Waals surface area (Å²) in [6.45, 7) is 6.67. The van der Waals surface area contributed by atoms with Crippen molar-refractivity contribution in [1.29, 1.82) is 0 Å². The molecule has 128 valence electrons. The smallest absolute Gasteiger partial charge is 0.410 e. The van der Waals surface area contributed by atoms with Crippen LogP contribution in [-0.4, -0.2) is 41.6 Å². The maximum Gasteiger partial charge on any atom is 0.410 e. The third-order valence-electron chi connectivity index (χ3n) is 3.48. The zero-order valence-electron chi connectivity index (χ0n) is 13.7. The first-order valence-corrected chi connectivity index (χ1v) is 9.67. The molecule has 1 fully saturated rings. The summed E-state index contributed by atoms with van der Waals surface area (Å²) in [4.78, 5) is 27.4. The van der Waals surface area contributed by atoms with Gasteiger partial charge in [0.05, 0.1) is 2.88 Å². The topological polar surface area (TPSA) is 58.6 Å². The Balaban J connectivity index is 1.84. The number of nitrogens with one attached hydrogen (secondary N) is 1. The Hall–Kier alpha value is -0.830. The monoisotopic (exact) mass is 450 g/mol. The Morgan fingerprint density at radius 1 is 1.43 bits per heavy atom. The van der Waals surface area contributed by atoms with Crippen LogP contribution in [0.5, 0.6) is 0 Å². The predicted octanol–water partition coefficient (Wildman–Crippen LogP) is 3.41. The molecule has 1 aliphatic rings. The van der Waals surface area contributed by atoms with Crippen molar-refractivity contribution in [1.82, 2.24) is 10.2 Å². The fourth-order valence-electron chi connectivity index (χ4n) is 2.49. The largest absolute Gasteiger partial charge is 0.444 e. The highest BCUT2D eigenvalue weighted by Crippen LogP contribution is 2.21. The Morgan fingerprint density at radius 2 is 2.17 bits per heavy atom. The molecule has 23 heavy (non-hydrogen) atoms. The summed E-state index contributed by atoms with van der Waals surface area (Å²) in [5.41, 5.74) is -0.545. The van der Waals surface area contributed by atoms with E-state index in [1.54, 1.807) is 16.2 Å². The molecular formula is C16H23IN2O3S. The molecule has 0 unspecified atom stereocenters. The summed E-state index contributed by atoms with van der Waals surface area (Å²) in [7, 11) is 0. The van der Waals surface area contributed by atoms with E-state index in [-0.39, 0.29) is 5.91 Å². The van der Waals surface area contributed by atoms with Gasteiger partial charge < -0.3 is 10.1 Å². The van der Waals surface area contributed by atoms with Gasteiger partial charge in [-0.2, -0.15) is 0 Å². The maximum atomic E-state index is 12.4. The van der Waals surface area contributed by atoms with Gasteiger partial charge in [-0.05, 0) is 74.8 Å². The Bertz CT molecular complexity index is 568. The van der Waals surface area contributed by atoms with Crippen molar-refractivity contribution in [2.45, 2.75) is 51.7 Å². The second kappa shape index (κ2) is 7.83. The Labute approximate surface area is 154 Å². The lowest BCUT2D eigenvalue weighted by atomic mass is 10.2. The van der Waals surface area contributed by atoms with Gasteiger partial charge in [0.2, 0.25) is 5.91 Å². The zero-order valence-corrected chi connectivity index (χ0v) is 16.7. The molecule has 2 amide bonds. The van der Waals surface area contributed by atoms with Crippen LogP contribution in [0.15, 0.2) is 12.1 Å². The first-order chi connectivity index (χ1) is 10.8. The second-order valence-corrected chi connectivity index (χ2v) is 9.64. The van der Waals surface area contributed by atoms with E-state index in [1.807, 2.05) is 20.8 Å². The molecule has 0 aromatic carbocycles. The molecule has 1 aromatic heterocycles. The van der Waals surface area contributed by atoms with Crippen molar-refractivity contribution in [3.63, 3.8) is 0 Å². The van der Waals surface area contributed by atoms with Crippen molar-refractivity contribution in [3.8, 4) is 0 Å². The van der Waals surface area contributed by atoms with E-state index in [4.69, 9.17) is 4.74 Å². The minimum Gasteiger partial charge on any atom is -0.444 e. The van der Waals surface area contributed by atoms with E-state index in [1.165, 1.54) is 7.76 Å². The van der Waals surface area contributed by atoms with Crippen molar-refractivity contribution in [2.24, 2.45) is 0 Å². The van der Waals surface area contributed by atoms with E-state index in [0.29, 0.717) is 19.5 Å². The van der Waals surface area contributed by atoms with Gasteiger partial charge in [-0.25, -0.2) is 4.79 Å². The van der Waals surface area contributed by atoms with Crippen LogP contribution in [0.4, 0.5) is 4.79 Å². The number of ether oxygens (including phenoxy) is 1. The number of thiophene rings is 1. The number of hydrogen-bond donors (Lipinski definition) is 1. The van der Waals surface area contributed by atoms with Gasteiger partial charge in [0.15, 0.2) is 0 Å². The van der Waals surface area contributed by atoms with Crippen LogP contribution in [0.2, 0.25) is 0 Å². The molecule has 0 spiro atoms. The standard InChI is InChI=1S/C16H23IN2O3S/c1-16(2,3)22-15(21)19-10-4-5-12(19)14(20)18-9-8-11-6-7-13(17)23-11/h6-7,12H,4-5,8-10H2,1-3H3,(H,18,20)/t12-/m0/s1. The molecule has 1 saturated heterocycles. The maximum absolute atomic E-state index is 12.4. The van der Waals surface area contributed by atoms with Crippen LogP contribution in [0.25, 0.3) is 0 Å².